The van der Waals surface area contributed by atoms with Gasteiger partial charge in [0.25, 0.3) is 17.7 Å². The summed E-state index contributed by atoms with van der Waals surface area (Å²) in [5.41, 5.74) is 0.729. The third-order valence-corrected chi connectivity index (χ3v) is 7.09. The van der Waals surface area contributed by atoms with Crippen LogP contribution in [0.15, 0.2) is 24.3 Å². The maximum Gasteiger partial charge on any atom is 0.306 e. The minimum atomic E-state index is -0.521. The van der Waals surface area contributed by atoms with E-state index in [4.69, 9.17) is 9.47 Å². The topological polar surface area (TPSA) is 105 Å². The molecule has 1 saturated carbocycles. The third-order valence-electron chi connectivity index (χ3n) is 7.09. The molecule has 1 aromatic carbocycles. The molecule has 2 heterocycles. The van der Waals surface area contributed by atoms with Crippen molar-refractivity contribution in [1.82, 2.24) is 15.1 Å². The SMILES string of the molecule is O=C(COC(=O)CCCN1C(=O)c2ccccc2C1=O)NCC1(N2CCOCC2)CCCCC1. The predicted molar refractivity (Wildman–Crippen MR) is 123 cm³/mol. The number of ether oxygens (including phenoxy) is 2. The molecule has 0 bridgehead atoms. The van der Waals surface area contributed by atoms with Gasteiger partial charge in [-0.15, -0.1) is 0 Å². The molecule has 1 aromatic rings. The lowest BCUT2D eigenvalue weighted by molar-refractivity contribution is -0.148. The molecule has 1 N–H and O–H groups in total. The van der Waals surface area contributed by atoms with E-state index in [0.717, 1.165) is 43.7 Å². The molecular weight excluding hydrogens is 438 g/mol. The van der Waals surface area contributed by atoms with E-state index >= 15 is 0 Å². The fourth-order valence-electron chi connectivity index (χ4n) is 5.21. The number of hydrogen-bond donors (Lipinski definition) is 1. The number of hydrogen-bond acceptors (Lipinski definition) is 7. The highest BCUT2D eigenvalue weighted by molar-refractivity contribution is 6.21. The summed E-state index contributed by atoms with van der Waals surface area (Å²) in [6.07, 6.45) is 5.92. The van der Waals surface area contributed by atoms with Gasteiger partial charge in [-0.05, 0) is 31.4 Å². The normalized spacial score (nSPS) is 20.2. The number of nitrogens with one attached hydrogen (secondary N) is 1. The molecule has 0 unspecified atom stereocenters. The molecule has 3 aliphatic rings. The molecule has 3 amide bonds. The minimum Gasteiger partial charge on any atom is -0.456 e. The zero-order valence-electron chi connectivity index (χ0n) is 19.6. The monoisotopic (exact) mass is 471 g/mol. The number of fused-ring (bicyclic) bond motifs is 1. The van der Waals surface area contributed by atoms with Crippen LogP contribution in [-0.4, -0.2) is 85.0 Å². The van der Waals surface area contributed by atoms with E-state index in [1.54, 1.807) is 24.3 Å². The average Bonchev–Trinajstić information content (AvgIpc) is 3.12. The highest BCUT2D eigenvalue weighted by Gasteiger charge is 2.39. The molecule has 2 fully saturated rings. The van der Waals surface area contributed by atoms with E-state index in [9.17, 15) is 19.2 Å². The van der Waals surface area contributed by atoms with Crippen LogP contribution in [-0.2, 0) is 19.1 Å². The van der Waals surface area contributed by atoms with Crippen LogP contribution < -0.4 is 5.32 Å². The summed E-state index contributed by atoms with van der Waals surface area (Å²) >= 11 is 0. The Balaban J connectivity index is 1.17. The number of esters is 1. The van der Waals surface area contributed by atoms with Crippen molar-refractivity contribution in [2.24, 2.45) is 0 Å². The van der Waals surface area contributed by atoms with Gasteiger partial charge in [0.05, 0.1) is 24.3 Å². The summed E-state index contributed by atoms with van der Waals surface area (Å²) in [6.45, 7) is 3.53. The summed E-state index contributed by atoms with van der Waals surface area (Å²) in [5.74, 6) is -1.52. The van der Waals surface area contributed by atoms with E-state index in [0.29, 0.717) is 30.9 Å². The molecule has 1 saturated heterocycles. The maximum atomic E-state index is 12.4. The Morgan fingerprint density at radius 1 is 1.00 bits per heavy atom. The quantitative estimate of drug-likeness (QED) is 0.432. The Bertz CT molecular complexity index is 886. The van der Waals surface area contributed by atoms with Gasteiger partial charge in [-0.25, -0.2) is 0 Å². The van der Waals surface area contributed by atoms with Crippen LogP contribution in [0.4, 0.5) is 0 Å². The lowest BCUT2D eigenvalue weighted by atomic mass is 9.79. The predicted octanol–water partition coefficient (Wildman–Crippen LogP) is 1.76. The van der Waals surface area contributed by atoms with E-state index in [2.05, 4.69) is 10.2 Å². The molecule has 0 spiro atoms. The molecule has 2 aliphatic heterocycles. The summed E-state index contributed by atoms with van der Waals surface area (Å²) in [6, 6.07) is 6.68. The van der Waals surface area contributed by atoms with Gasteiger partial charge in [-0.2, -0.15) is 0 Å². The second kappa shape index (κ2) is 11.1. The van der Waals surface area contributed by atoms with Crippen molar-refractivity contribution >= 4 is 23.7 Å². The smallest absolute Gasteiger partial charge is 0.306 e. The molecule has 9 heteroatoms. The van der Waals surface area contributed by atoms with Gasteiger partial charge in [0, 0.05) is 38.1 Å². The van der Waals surface area contributed by atoms with Gasteiger partial charge < -0.3 is 14.8 Å². The van der Waals surface area contributed by atoms with Gasteiger partial charge in [-0.3, -0.25) is 29.0 Å². The Morgan fingerprint density at radius 2 is 1.65 bits per heavy atom. The number of nitrogens with zero attached hydrogens (tertiary/aromatic N) is 2. The van der Waals surface area contributed by atoms with E-state index in [1.807, 2.05) is 0 Å². The standard InChI is InChI=1S/C25H33N3O6/c29-21(26-18-25(10-4-1-5-11-25)27-13-15-33-16-14-27)17-34-22(30)9-6-12-28-23(31)19-7-2-3-8-20(19)24(28)32/h2-3,7-8H,1,4-6,9-18H2,(H,26,29). The highest BCUT2D eigenvalue weighted by Crippen LogP contribution is 2.33. The summed E-state index contributed by atoms with van der Waals surface area (Å²) in [5, 5.41) is 2.97. The van der Waals surface area contributed by atoms with Crippen molar-refractivity contribution in [3.8, 4) is 0 Å². The molecule has 0 radical (unpaired) electrons. The van der Waals surface area contributed by atoms with Crippen molar-refractivity contribution in [3.05, 3.63) is 35.4 Å². The van der Waals surface area contributed by atoms with Crippen LogP contribution in [0, 0.1) is 0 Å². The van der Waals surface area contributed by atoms with E-state index in [1.165, 1.54) is 6.42 Å². The number of imide groups is 1. The summed E-state index contributed by atoms with van der Waals surface area (Å²) in [7, 11) is 0. The van der Waals surface area contributed by atoms with E-state index in [-0.39, 0.29) is 49.3 Å². The first-order valence-corrected chi connectivity index (χ1v) is 12.2. The van der Waals surface area contributed by atoms with Gasteiger partial charge in [0.15, 0.2) is 6.61 Å². The van der Waals surface area contributed by atoms with Crippen molar-refractivity contribution in [1.29, 1.82) is 0 Å². The Labute approximate surface area is 199 Å². The second-order valence-corrected chi connectivity index (χ2v) is 9.23. The molecule has 0 atom stereocenters. The van der Waals surface area contributed by atoms with Crippen LogP contribution in [0.2, 0.25) is 0 Å². The Morgan fingerprint density at radius 3 is 2.29 bits per heavy atom. The fraction of sp³-hybridized carbons (Fsp3) is 0.600. The Hall–Kier alpha value is -2.78. The van der Waals surface area contributed by atoms with Crippen LogP contribution >= 0.6 is 0 Å². The summed E-state index contributed by atoms with van der Waals surface area (Å²) in [4.78, 5) is 52.8. The van der Waals surface area contributed by atoms with Crippen molar-refractivity contribution in [3.63, 3.8) is 0 Å². The fourth-order valence-corrected chi connectivity index (χ4v) is 5.21. The largest absolute Gasteiger partial charge is 0.456 e. The van der Waals surface area contributed by atoms with Crippen LogP contribution in [0.5, 0.6) is 0 Å². The molecule has 0 aromatic heterocycles. The Kier molecular flexibility index (Phi) is 7.95. The van der Waals surface area contributed by atoms with Crippen LogP contribution in [0.1, 0.15) is 65.7 Å². The first-order chi connectivity index (χ1) is 16.5. The van der Waals surface area contributed by atoms with E-state index < -0.39 is 5.97 Å². The van der Waals surface area contributed by atoms with Crippen LogP contribution in [0.25, 0.3) is 0 Å². The zero-order valence-corrected chi connectivity index (χ0v) is 19.6. The second-order valence-electron chi connectivity index (χ2n) is 9.23. The number of carbonyl (C=O) groups excluding carboxylic acids is 4. The number of morpholine rings is 1. The molecule has 184 valence electrons. The number of rotatable bonds is 9. The summed E-state index contributed by atoms with van der Waals surface area (Å²) < 4.78 is 10.6. The van der Waals surface area contributed by atoms with Gasteiger partial charge >= 0.3 is 5.97 Å². The molecule has 4 rings (SSSR count). The van der Waals surface area contributed by atoms with Gasteiger partial charge in [-0.1, -0.05) is 31.4 Å². The third kappa shape index (κ3) is 5.47. The number of benzene rings is 1. The zero-order chi connectivity index (χ0) is 24.0. The van der Waals surface area contributed by atoms with Crippen LogP contribution in [0.3, 0.4) is 0 Å². The van der Waals surface area contributed by atoms with Crippen molar-refractivity contribution in [2.75, 3.05) is 46.0 Å². The van der Waals surface area contributed by atoms with Gasteiger partial charge in [0.1, 0.15) is 0 Å². The molecule has 9 nitrogen and oxygen atoms in total. The number of carbonyl (C=O) groups is 4. The molecule has 34 heavy (non-hydrogen) atoms. The minimum absolute atomic E-state index is 0.0262. The number of amides is 3. The van der Waals surface area contributed by atoms with Crippen molar-refractivity contribution in [2.45, 2.75) is 50.5 Å². The molecular formula is C25H33N3O6. The lowest BCUT2D eigenvalue weighted by Gasteiger charge is -2.48. The first-order valence-electron chi connectivity index (χ1n) is 12.2. The van der Waals surface area contributed by atoms with Crippen molar-refractivity contribution < 1.29 is 28.7 Å². The average molecular weight is 472 g/mol. The maximum absolute atomic E-state index is 12.4. The highest BCUT2D eigenvalue weighted by atomic mass is 16.5. The van der Waals surface area contributed by atoms with Gasteiger partial charge in [0.2, 0.25) is 0 Å². The molecule has 1 aliphatic carbocycles. The first kappa shape index (κ1) is 24.3. The lowest BCUT2D eigenvalue weighted by Crippen LogP contribution is -2.59.